The van der Waals surface area contributed by atoms with Crippen LogP contribution in [0.15, 0.2) is 77.7 Å². The fourth-order valence-corrected chi connectivity index (χ4v) is 4.91. The number of rotatable bonds is 5. The van der Waals surface area contributed by atoms with Crippen molar-refractivity contribution in [3.05, 3.63) is 94.0 Å². The van der Waals surface area contributed by atoms with Crippen LogP contribution < -0.4 is 9.62 Å². The summed E-state index contributed by atoms with van der Waals surface area (Å²) in [5.74, 6) is -0.428. The topological polar surface area (TPSA) is 110 Å². The summed E-state index contributed by atoms with van der Waals surface area (Å²) < 4.78 is 27.2. The molecule has 0 atom stereocenters. The van der Waals surface area contributed by atoms with Crippen molar-refractivity contribution in [2.45, 2.75) is 11.3 Å². The molecule has 0 saturated heterocycles. The van der Waals surface area contributed by atoms with Crippen LogP contribution in [0, 0.1) is 10.1 Å². The van der Waals surface area contributed by atoms with E-state index >= 15 is 0 Å². The Morgan fingerprint density at radius 1 is 1.00 bits per heavy atom. The maximum atomic E-state index is 12.9. The van der Waals surface area contributed by atoms with E-state index in [1.807, 2.05) is 0 Å². The molecule has 4 rings (SSSR count). The molecule has 3 aromatic rings. The van der Waals surface area contributed by atoms with E-state index in [4.69, 9.17) is 0 Å². The molecule has 9 heteroatoms. The molecular formula is C21H17N3O5S. The van der Waals surface area contributed by atoms with Crippen LogP contribution in [-0.2, 0) is 16.4 Å². The molecule has 0 spiro atoms. The van der Waals surface area contributed by atoms with Gasteiger partial charge in [-0.1, -0.05) is 24.3 Å². The Morgan fingerprint density at radius 2 is 1.77 bits per heavy atom. The fraction of sp³-hybridized carbons (Fsp3) is 0.0952. The van der Waals surface area contributed by atoms with E-state index in [9.17, 15) is 23.3 Å². The van der Waals surface area contributed by atoms with Crippen LogP contribution >= 0.6 is 0 Å². The first-order valence-electron chi connectivity index (χ1n) is 9.13. The highest BCUT2D eigenvalue weighted by molar-refractivity contribution is 7.92. The van der Waals surface area contributed by atoms with Crippen molar-refractivity contribution in [3.63, 3.8) is 0 Å². The predicted molar refractivity (Wildman–Crippen MR) is 112 cm³/mol. The van der Waals surface area contributed by atoms with Crippen molar-refractivity contribution in [3.8, 4) is 0 Å². The van der Waals surface area contributed by atoms with Gasteiger partial charge in [-0.15, -0.1) is 0 Å². The van der Waals surface area contributed by atoms with Crippen LogP contribution in [0.4, 0.5) is 17.1 Å². The molecule has 0 aromatic heterocycles. The first-order valence-corrected chi connectivity index (χ1v) is 10.6. The zero-order valence-corrected chi connectivity index (χ0v) is 16.5. The summed E-state index contributed by atoms with van der Waals surface area (Å²) >= 11 is 0. The third-order valence-electron chi connectivity index (χ3n) is 4.84. The largest absolute Gasteiger partial charge is 0.322 e. The number of hydrogen-bond acceptors (Lipinski definition) is 5. The summed E-state index contributed by atoms with van der Waals surface area (Å²) in [7, 11) is -3.68. The number of nitrogens with one attached hydrogen (secondary N) is 1. The van der Waals surface area contributed by atoms with Crippen molar-refractivity contribution >= 4 is 33.0 Å². The summed E-state index contributed by atoms with van der Waals surface area (Å²) in [4.78, 5) is 23.2. The van der Waals surface area contributed by atoms with E-state index in [0.717, 1.165) is 5.56 Å². The fourth-order valence-electron chi connectivity index (χ4n) is 3.38. The van der Waals surface area contributed by atoms with Gasteiger partial charge >= 0.3 is 0 Å². The van der Waals surface area contributed by atoms with Crippen molar-refractivity contribution in [1.29, 1.82) is 0 Å². The van der Waals surface area contributed by atoms with Gasteiger partial charge in [-0.3, -0.25) is 19.2 Å². The number of nitrogens with zero attached hydrogens (tertiary/aromatic N) is 2. The Hall–Kier alpha value is -3.72. The maximum absolute atomic E-state index is 12.9. The predicted octanol–water partition coefficient (Wildman–Crippen LogP) is 3.60. The van der Waals surface area contributed by atoms with Crippen molar-refractivity contribution in [2.24, 2.45) is 0 Å². The number of carbonyl (C=O) groups is 1. The van der Waals surface area contributed by atoms with Crippen molar-refractivity contribution in [1.82, 2.24) is 0 Å². The monoisotopic (exact) mass is 423 g/mol. The number of sulfonamides is 1. The van der Waals surface area contributed by atoms with Crippen LogP contribution in [-0.4, -0.2) is 25.8 Å². The van der Waals surface area contributed by atoms with E-state index in [1.165, 1.54) is 22.5 Å². The number of amides is 1. The molecule has 1 aliphatic heterocycles. The normalized spacial score (nSPS) is 13.0. The summed E-state index contributed by atoms with van der Waals surface area (Å²) in [5.41, 5.74) is 1.83. The summed E-state index contributed by atoms with van der Waals surface area (Å²) in [6.07, 6.45) is 0.485. The van der Waals surface area contributed by atoms with Crippen LogP contribution in [0.3, 0.4) is 0 Å². The Morgan fingerprint density at radius 3 is 2.50 bits per heavy atom. The summed E-state index contributed by atoms with van der Waals surface area (Å²) in [6.45, 7) is 0.294. The third kappa shape index (κ3) is 3.62. The van der Waals surface area contributed by atoms with E-state index < -0.39 is 20.9 Å². The lowest BCUT2D eigenvalue weighted by Crippen LogP contribution is -2.29. The standard InChI is InChI=1S/C21H17N3O5S/c25-21(22-17-5-4-6-18(14-17)24(26)27)16-9-10-20-15(13-16)11-12-23(20)30(28,29)19-7-2-1-3-8-19/h1-10,13-14H,11-12H2,(H,22,25). The number of carbonyl (C=O) groups excluding carboxylic acids is 1. The molecule has 1 aliphatic rings. The number of nitro benzene ring substituents is 1. The molecule has 30 heavy (non-hydrogen) atoms. The molecule has 8 nitrogen and oxygen atoms in total. The Balaban J connectivity index is 1.57. The molecule has 1 N–H and O–H groups in total. The molecule has 0 unspecified atom stereocenters. The number of hydrogen-bond donors (Lipinski definition) is 1. The van der Waals surface area contributed by atoms with Gasteiger partial charge in [-0.05, 0) is 48.4 Å². The highest BCUT2D eigenvalue weighted by Crippen LogP contribution is 2.33. The second-order valence-corrected chi connectivity index (χ2v) is 8.61. The molecule has 152 valence electrons. The Kier molecular flexibility index (Phi) is 4.96. The molecule has 0 radical (unpaired) electrons. The Labute approximate surface area is 173 Å². The second-order valence-electron chi connectivity index (χ2n) is 6.75. The van der Waals surface area contributed by atoms with E-state index in [2.05, 4.69) is 5.32 Å². The molecule has 0 aliphatic carbocycles. The van der Waals surface area contributed by atoms with Crippen LogP contribution in [0.5, 0.6) is 0 Å². The molecular weight excluding hydrogens is 406 g/mol. The SMILES string of the molecule is O=C(Nc1cccc([N+](=O)[O-])c1)c1ccc2c(c1)CCN2S(=O)(=O)c1ccccc1. The quantitative estimate of drug-likeness (QED) is 0.498. The molecule has 1 heterocycles. The number of anilines is 2. The number of nitro groups is 1. The van der Waals surface area contributed by atoms with Crippen LogP contribution in [0.25, 0.3) is 0 Å². The molecule has 3 aromatic carbocycles. The minimum absolute atomic E-state index is 0.122. The van der Waals surface area contributed by atoms with E-state index in [-0.39, 0.29) is 10.6 Å². The smallest absolute Gasteiger partial charge is 0.271 e. The van der Waals surface area contributed by atoms with Gasteiger partial charge in [0.2, 0.25) is 0 Å². The highest BCUT2D eigenvalue weighted by atomic mass is 32.2. The van der Waals surface area contributed by atoms with E-state index in [0.29, 0.717) is 29.9 Å². The number of benzene rings is 3. The third-order valence-corrected chi connectivity index (χ3v) is 6.67. The Bertz CT molecular complexity index is 1240. The molecule has 0 fully saturated rings. The van der Waals surface area contributed by atoms with Gasteiger partial charge in [0.1, 0.15) is 0 Å². The van der Waals surface area contributed by atoms with Crippen molar-refractivity contribution < 1.29 is 18.1 Å². The van der Waals surface area contributed by atoms with Crippen molar-refractivity contribution in [2.75, 3.05) is 16.2 Å². The van der Waals surface area contributed by atoms with Gasteiger partial charge in [0, 0.05) is 29.9 Å². The van der Waals surface area contributed by atoms with Gasteiger partial charge in [-0.25, -0.2) is 8.42 Å². The van der Waals surface area contributed by atoms with Gasteiger partial charge in [-0.2, -0.15) is 0 Å². The van der Waals surface area contributed by atoms with E-state index in [1.54, 1.807) is 54.6 Å². The lowest BCUT2D eigenvalue weighted by atomic mass is 10.1. The number of non-ortho nitro benzene ring substituents is 1. The first kappa shape index (κ1) is 19.6. The molecule has 0 saturated carbocycles. The molecule has 1 amide bonds. The average Bonchev–Trinajstić information content (AvgIpc) is 3.18. The number of fused-ring (bicyclic) bond motifs is 1. The van der Waals surface area contributed by atoms with Gasteiger partial charge in [0.25, 0.3) is 21.6 Å². The van der Waals surface area contributed by atoms with Crippen LogP contribution in [0.2, 0.25) is 0 Å². The molecule has 0 bridgehead atoms. The zero-order valence-electron chi connectivity index (χ0n) is 15.7. The maximum Gasteiger partial charge on any atom is 0.271 e. The van der Waals surface area contributed by atoms with Gasteiger partial charge < -0.3 is 5.32 Å². The first-order chi connectivity index (χ1) is 14.4. The highest BCUT2D eigenvalue weighted by Gasteiger charge is 2.31. The lowest BCUT2D eigenvalue weighted by molar-refractivity contribution is -0.384. The second kappa shape index (κ2) is 7.60. The van der Waals surface area contributed by atoms with Gasteiger partial charge in [0.15, 0.2) is 0 Å². The minimum atomic E-state index is -3.68. The zero-order chi connectivity index (χ0) is 21.3. The minimum Gasteiger partial charge on any atom is -0.322 e. The van der Waals surface area contributed by atoms with Crippen LogP contribution in [0.1, 0.15) is 15.9 Å². The average molecular weight is 423 g/mol. The van der Waals surface area contributed by atoms with Gasteiger partial charge in [0.05, 0.1) is 15.5 Å². The lowest BCUT2D eigenvalue weighted by Gasteiger charge is -2.19. The summed E-state index contributed by atoms with van der Waals surface area (Å²) in [6, 6.07) is 18.7. The summed E-state index contributed by atoms with van der Waals surface area (Å²) in [5, 5.41) is 13.5.